The van der Waals surface area contributed by atoms with Gasteiger partial charge in [0.25, 0.3) is 0 Å². The van der Waals surface area contributed by atoms with Crippen LogP contribution in [0.3, 0.4) is 0 Å². The number of fused-ring (bicyclic) bond motifs is 1. The third kappa shape index (κ3) is 4.82. The highest BCUT2D eigenvalue weighted by molar-refractivity contribution is 6.35. The van der Waals surface area contributed by atoms with Gasteiger partial charge < -0.3 is 9.72 Å². The third-order valence-electron chi connectivity index (χ3n) is 5.80. The van der Waals surface area contributed by atoms with Crippen molar-refractivity contribution in [2.75, 3.05) is 6.54 Å². The number of carbonyl (C=O) groups excluding carboxylic acids is 1. The molecule has 0 spiro atoms. The zero-order chi connectivity index (χ0) is 22.7. The summed E-state index contributed by atoms with van der Waals surface area (Å²) in [5, 5.41) is 4.27. The summed E-state index contributed by atoms with van der Waals surface area (Å²) in [4.78, 5) is 17.6. The van der Waals surface area contributed by atoms with E-state index >= 15 is 0 Å². The van der Waals surface area contributed by atoms with Gasteiger partial charge in [-0.05, 0) is 60.7 Å². The lowest BCUT2D eigenvalue weighted by Crippen LogP contribution is -2.28. The van der Waals surface area contributed by atoms with E-state index in [9.17, 15) is 4.79 Å². The Morgan fingerprint density at radius 2 is 1.84 bits per heavy atom. The number of imidazole rings is 1. The molecule has 4 nitrogen and oxygen atoms in total. The number of halogens is 2. The van der Waals surface area contributed by atoms with Crippen LogP contribution in [0.5, 0.6) is 0 Å². The number of nitrogens with one attached hydrogen (secondary N) is 1. The molecule has 0 aliphatic heterocycles. The van der Waals surface area contributed by atoms with Gasteiger partial charge in [-0.1, -0.05) is 59.6 Å². The highest BCUT2D eigenvalue weighted by Crippen LogP contribution is 2.31. The van der Waals surface area contributed by atoms with Gasteiger partial charge in [-0.2, -0.15) is 0 Å². The first-order valence-corrected chi connectivity index (χ1v) is 11.4. The minimum absolute atomic E-state index is 0.00839. The molecule has 6 heteroatoms. The summed E-state index contributed by atoms with van der Waals surface area (Å²) in [6.07, 6.45) is 4.88. The van der Waals surface area contributed by atoms with Crippen LogP contribution in [0.2, 0.25) is 10.0 Å². The van der Waals surface area contributed by atoms with Gasteiger partial charge in [0.15, 0.2) is 0 Å². The predicted molar refractivity (Wildman–Crippen MR) is 131 cm³/mol. The number of amides is 1. The quantitative estimate of drug-likeness (QED) is 0.356. The molecule has 0 aliphatic rings. The normalized spacial score (nSPS) is 12.1. The van der Waals surface area contributed by atoms with Crippen LogP contribution in [-0.2, 0) is 11.2 Å². The van der Waals surface area contributed by atoms with Gasteiger partial charge in [-0.15, -0.1) is 0 Å². The minimum Gasteiger partial charge on any atom is -0.356 e. The first-order chi connectivity index (χ1) is 15.4. The standard InChI is InChI=1S/C26H25Cl2N3O/c1-17-6-3-4-8-21(17)22(24-16-30-26-18(2)7-5-13-31(24)26)15-25(32)29-12-11-19-9-10-20(27)14-23(19)28/h3-10,13-14,16,22H,11-12,15H2,1-2H3,(H,29,32). The Labute approximate surface area is 198 Å². The van der Waals surface area contributed by atoms with Crippen LogP contribution >= 0.6 is 23.2 Å². The highest BCUT2D eigenvalue weighted by atomic mass is 35.5. The molecule has 0 fully saturated rings. The minimum atomic E-state index is -0.105. The Morgan fingerprint density at radius 1 is 1.06 bits per heavy atom. The van der Waals surface area contributed by atoms with E-state index in [1.807, 2.05) is 55.7 Å². The van der Waals surface area contributed by atoms with Crippen molar-refractivity contribution in [2.24, 2.45) is 0 Å². The van der Waals surface area contributed by atoms with Crippen molar-refractivity contribution in [3.8, 4) is 0 Å². The molecule has 0 saturated carbocycles. The largest absolute Gasteiger partial charge is 0.356 e. The van der Waals surface area contributed by atoms with E-state index < -0.39 is 0 Å². The molecule has 1 amide bonds. The number of aryl methyl sites for hydroxylation is 2. The van der Waals surface area contributed by atoms with Gasteiger partial charge in [0.2, 0.25) is 5.91 Å². The fraction of sp³-hybridized carbons (Fsp3) is 0.231. The molecule has 2 aromatic heterocycles. The number of hydrogen-bond donors (Lipinski definition) is 1. The molecular weight excluding hydrogens is 441 g/mol. The Hall–Kier alpha value is -2.82. The second-order valence-electron chi connectivity index (χ2n) is 8.02. The van der Waals surface area contributed by atoms with Crippen molar-refractivity contribution in [2.45, 2.75) is 32.6 Å². The Kier molecular flexibility index (Phi) is 6.83. The van der Waals surface area contributed by atoms with E-state index in [2.05, 4.69) is 33.8 Å². The molecule has 1 unspecified atom stereocenters. The lowest BCUT2D eigenvalue weighted by atomic mass is 9.89. The van der Waals surface area contributed by atoms with E-state index in [0.717, 1.165) is 33.6 Å². The number of carbonyl (C=O) groups is 1. The van der Waals surface area contributed by atoms with Crippen molar-refractivity contribution >= 4 is 34.8 Å². The average Bonchev–Trinajstić information content (AvgIpc) is 3.19. The van der Waals surface area contributed by atoms with Crippen molar-refractivity contribution in [1.29, 1.82) is 0 Å². The van der Waals surface area contributed by atoms with Gasteiger partial charge in [0.05, 0.1) is 5.69 Å². The molecule has 32 heavy (non-hydrogen) atoms. The Balaban J connectivity index is 1.55. The van der Waals surface area contributed by atoms with Gasteiger partial charge in [-0.25, -0.2) is 4.98 Å². The second kappa shape index (κ2) is 9.76. The van der Waals surface area contributed by atoms with Crippen molar-refractivity contribution < 1.29 is 4.79 Å². The Morgan fingerprint density at radius 3 is 2.62 bits per heavy atom. The number of pyridine rings is 1. The SMILES string of the molecule is Cc1ccccc1C(CC(=O)NCCc1ccc(Cl)cc1Cl)c1cnc2c(C)cccn12. The topological polar surface area (TPSA) is 46.4 Å². The predicted octanol–water partition coefficient (Wildman–Crippen LogP) is 6.14. The van der Waals surface area contributed by atoms with E-state index in [-0.39, 0.29) is 11.8 Å². The van der Waals surface area contributed by atoms with Gasteiger partial charge >= 0.3 is 0 Å². The van der Waals surface area contributed by atoms with Crippen LogP contribution in [0.4, 0.5) is 0 Å². The van der Waals surface area contributed by atoms with Crippen LogP contribution in [0, 0.1) is 13.8 Å². The van der Waals surface area contributed by atoms with Crippen LogP contribution in [0.1, 0.15) is 40.3 Å². The second-order valence-corrected chi connectivity index (χ2v) is 8.86. The number of nitrogens with zero attached hydrogens (tertiary/aromatic N) is 2. The monoisotopic (exact) mass is 465 g/mol. The molecule has 2 heterocycles. The molecule has 2 aromatic carbocycles. The maximum Gasteiger partial charge on any atom is 0.221 e. The molecule has 4 aromatic rings. The summed E-state index contributed by atoms with van der Waals surface area (Å²) >= 11 is 12.2. The maximum absolute atomic E-state index is 13.0. The molecule has 1 atom stereocenters. The first kappa shape index (κ1) is 22.4. The maximum atomic E-state index is 13.0. The van der Waals surface area contributed by atoms with E-state index in [1.165, 1.54) is 0 Å². The van der Waals surface area contributed by atoms with Gasteiger partial charge in [0, 0.05) is 41.3 Å². The first-order valence-electron chi connectivity index (χ1n) is 10.6. The van der Waals surface area contributed by atoms with Crippen LogP contribution < -0.4 is 5.32 Å². The molecule has 0 saturated heterocycles. The van der Waals surface area contributed by atoms with Crippen molar-refractivity contribution in [1.82, 2.24) is 14.7 Å². The molecule has 4 rings (SSSR count). The average molecular weight is 466 g/mol. The lowest BCUT2D eigenvalue weighted by Gasteiger charge is -2.19. The summed E-state index contributed by atoms with van der Waals surface area (Å²) < 4.78 is 2.09. The highest BCUT2D eigenvalue weighted by Gasteiger charge is 2.23. The fourth-order valence-corrected chi connectivity index (χ4v) is 4.60. The number of benzene rings is 2. The summed E-state index contributed by atoms with van der Waals surface area (Å²) in [6.45, 7) is 4.63. The van der Waals surface area contributed by atoms with Crippen LogP contribution in [-0.4, -0.2) is 21.8 Å². The number of rotatable bonds is 7. The molecule has 164 valence electrons. The zero-order valence-electron chi connectivity index (χ0n) is 18.1. The van der Waals surface area contributed by atoms with Crippen molar-refractivity contribution in [3.05, 3.63) is 105 Å². The summed E-state index contributed by atoms with van der Waals surface area (Å²) in [5.74, 6) is -0.113. The smallest absolute Gasteiger partial charge is 0.221 e. The molecular formula is C26H25Cl2N3O. The number of aromatic nitrogens is 2. The molecule has 1 N–H and O–H groups in total. The third-order valence-corrected chi connectivity index (χ3v) is 6.39. The van der Waals surface area contributed by atoms with Crippen LogP contribution in [0.25, 0.3) is 5.65 Å². The molecule has 0 radical (unpaired) electrons. The van der Waals surface area contributed by atoms with Gasteiger partial charge in [0.1, 0.15) is 5.65 Å². The summed E-state index contributed by atoms with van der Waals surface area (Å²) in [5.41, 5.74) is 6.27. The lowest BCUT2D eigenvalue weighted by molar-refractivity contribution is -0.121. The van der Waals surface area contributed by atoms with Gasteiger partial charge in [-0.3, -0.25) is 4.79 Å². The number of hydrogen-bond acceptors (Lipinski definition) is 2. The molecule has 0 aliphatic carbocycles. The summed E-state index contributed by atoms with van der Waals surface area (Å²) in [6, 6.07) is 17.7. The summed E-state index contributed by atoms with van der Waals surface area (Å²) in [7, 11) is 0. The Bertz CT molecular complexity index is 1270. The fourth-order valence-electron chi connectivity index (χ4n) is 4.10. The van der Waals surface area contributed by atoms with E-state index in [0.29, 0.717) is 29.4 Å². The van der Waals surface area contributed by atoms with Crippen molar-refractivity contribution in [3.63, 3.8) is 0 Å². The zero-order valence-corrected chi connectivity index (χ0v) is 19.6. The molecule has 0 bridgehead atoms. The van der Waals surface area contributed by atoms with E-state index in [4.69, 9.17) is 23.2 Å². The van der Waals surface area contributed by atoms with Crippen LogP contribution in [0.15, 0.2) is 67.0 Å². The van der Waals surface area contributed by atoms with E-state index in [1.54, 1.807) is 6.07 Å².